The van der Waals surface area contributed by atoms with Crippen LogP contribution in [0.3, 0.4) is 0 Å². The quantitative estimate of drug-likeness (QED) is 0.796. The molecule has 3 heteroatoms. The lowest BCUT2D eigenvalue weighted by atomic mass is 10.1. The Hall–Kier alpha value is -2.60. The van der Waals surface area contributed by atoms with Crippen LogP contribution in [-0.2, 0) is 6.54 Å². The van der Waals surface area contributed by atoms with Crippen molar-refractivity contribution < 1.29 is 4.79 Å². The summed E-state index contributed by atoms with van der Waals surface area (Å²) in [5, 5.41) is 9.20. The molecule has 0 atom stereocenters. The molecule has 0 saturated heterocycles. The van der Waals surface area contributed by atoms with Gasteiger partial charge in [-0.15, -0.1) is 0 Å². The fourth-order valence-electron chi connectivity index (χ4n) is 2.10. The molecule has 0 fully saturated rings. The Labute approximate surface area is 119 Å². The van der Waals surface area contributed by atoms with Gasteiger partial charge in [0.05, 0.1) is 11.3 Å². The highest BCUT2D eigenvalue weighted by atomic mass is 16.1. The van der Waals surface area contributed by atoms with Gasteiger partial charge in [-0.1, -0.05) is 29.8 Å². The van der Waals surface area contributed by atoms with Gasteiger partial charge >= 0.3 is 0 Å². The summed E-state index contributed by atoms with van der Waals surface area (Å²) in [4.78, 5) is 12.8. The molecule has 2 aromatic rings. The molecule has 0 aliphatic heterocycles. The Morgan fingerprint density at radius 2 is 1.90 bits per heavy atom. The van der Waals surface area contributed by atoms with E-state index in [2.05, 4.69) is 37.3 Å². The maximum Gasteiger partial charge on any atom is 0.150 e. The minimum absolute atomic E-state index is 0.518. The molecule has 3 nitrogen and oxygen atoms in total. The third-order valence-corrected chi connectivity index (χ3v) is 3.23. The van der Waals surface area contributed by atoms with Gasteiger partial charge in [0, 0.05) is 19.2 Å². The van der Waals surface area contributed by atoms with Crippen LogP contribution < -0.4 is 4.90 Å². The van der Waals surface area contributed by atoms with Crippen LogP contribution >= 0.6 is 0 Å². The first-order valence-corrected chi connectivity index (χ1v) is 6.40. The van der Waals surface area contributed by atoms with Crippen LogP contribution in [0.4, 0.5) is 5.69 Å². The monoisotopic (exact) mass is 264 g/mol. The van der Waals surface area contributed by atoms with E-state index in [1.54, 1.807) is 12.1 Å². The predicted octanol–water partition coefficient (Wildman–Crippen LogP) is 3.32. The van der Waals surface area contributed by atoms with E-state index in [4.69, 9.17) is 0 Å². The lowest BCUT2D eigenvalue weighted by Crippen LogP contribution is -2.17. The second kappa shape index (κ2) is 6.03. The number of nitriles is 1. The van der Waals surface area contributed by atoms with Crippen molar-refractivity contribution in [1.29, 1.82) is 5.26 Å². The van der Waals surface area contributed by atoms with Crippen molar-refractivity contribution in [2.45, 2.75) is 13.5 Å². The number of anilines is 1. The minimum Gasteiger partial charge on any atom is -0.369 e. The summed E-state index contributed by atoms with van der Waals surface area (Å²) < 4.78 is 0. The summed E-state index contributed by atoms with van der Waals surface area (Å²) in [7, 11) is 1.94. The summed E-state index contributed by atoms with van der Waals surface area (Å²) in [5.41, 5.74) is 4.28. The second-order valence-electron chi connectivity index (χ2n) is 4.85. The van der Waals surface area contributed by atoms with Gasteiger partial charge in [0.25, 0.3) is 0 Å². The third-order valence-electron chi connectivity index (χ3n) is 3.23. The first-order chi connectivity index (χ1) is 9.63. The van der Waals surface area contributed by atoms with Gasteiger partial charge in [0.2, 0.25) is 0 Å². The molecular formula is C17H16N2O. The highest BCUT2D eigenvalue weighted by Gasteiger charge is 2.08. The van der Waals surface area contributed by atoms with E-state index < -0.39 is 0 Å². The van der Waals surface area contributed by atoms with E-state index in [0.29, 0.717) is 11.1 Å². The number of nitrogens with zero attached hydrogens (tertiary/aromatic N) is 2. The second-order valence-corrected chi connectivity index (χ2v) is 4.85. The molecular weight excluding hydrogens is 248 g/mol. The number of hydrogen-bond donors (Lipinski definition) is 0. The molecule has 0 unspecified atom stereocenters. The van der Waals surface area contributed by atoms with Crippen LogP contribution in [0.5, 0.6) is 0 Å². The van der Waals surface area contributed by atoms with E-state index in [1.807, 2.05) is 18.0 Å². The van der Waals surface area contributed by atoms with Gasteiger partial charge in [-0.05, 0) is 30.7 Å². The Balaban J connectivity index is 2.25. The van der Waals surface area contributed by atoms with Crippen LogP contribution in [-0.4, -0.2) is 13.3 Å². The number of benzene rings is 2. The normalized spacial score (nSPS) is 9.85. The highest BCUT2D eigenvalue weighted by molar-refractivity contribution is 5.78. The summed E-state index contributed by atoms with van der Waals surface area (Å²) in [6.07, 6.45) is 0.755. The summed E-state index contributed by atoms with van der Waals surface area (Å²) >= 11 is 0. The molecule has 0 aromatic heterocycles. The Morgan fingerprint density at radius 3 is 2.50 bits per heavy atom. The molecule has 0 saturated carbocycles. The van der Waals surface area contributed by atoms with Crippen LogP contribution in [0.2, 0.25) is 0 Å². The van der Waals surface area contributed by atoms with Gasteiger partial charge in [0.15, 0.2) is 0 Å². The third kappa shape index (κ3) is 3.04. The smallest absolute Gasteiger partial charge is 0.150 e. The number of carbonyl (C=O) groups is 1. The first kappa shape index (κ1) is 13.8. The standard InChI is InChI=1S/C17H16N2O/c1-13-3-5-14(6-4-13)11-19(2)17-8-7-15(12-20)9-16(17)10-18/h3-9,12H,11H2,1-2H3. The molecule has 0 aliphatic rings. The SMILES string of the molecule is Cc1ccc(CN(C)c2ccc(C=O)cc2C#N)cc1. The number of rotatable bonds is 4. The van der Waals surface area contributed by atoms with E-state index in [0.717, 1.165) is 18.5 Å². The summed E-state index contributed by atoms with van der Waals surface area (Å²) in [6, 6.07) is 15.6. The maximum absolute atomic E-state index is 10.8. The van der Waals surface area contributed by atoms with Crippen LogP contribution in [0, 0.1) is 18.3 Å². The first-order valence-electron chi connectivity index (χ1n) is 6.40. The van der Waals surface area contributed by atoms with E-state index >= 15 is 0 Å². The molecule has 0 aliphatic carbocycles. The van der Waals surface area contributed by atoms with Crippen molar-refractivity contribution in [2.75, 3.05) is 11.9 Å². The van der Waals surface area contributed by atoms with E-state index in [1.165, 1.54) is 11.1 Å². The molecule has 2 rings (SSSR count). The minimum atomic E-state index is 0.518. The highest BCUT2D eigenvalue weighted by Crippen LogP contribution is 2.21. The molecule has 0 heterocycles. The molecule has 20 heavy (non-hydrogen) atoms. The van der Waals surface area contributed by atoms with Crippen molar-refractivity contribution >= 4 is 12.0 Å². The van der Waals surface area contributed by atoms with Crippen LogP contribution in [0.15, 0.2) is 42.5 Å². The number of aryl methyl sites for hydroxylation is 1. The summed E-state index contributed by atoms with van der Waals surface area (Å²) in [5.74, 6) is 0. The van der Waals surface area contributed by atoms with Crippen LogP contribution in [0.1, 0.15) is 27.0 Å². The predicted molar refractivity (Wildman–Crippen MR) is 79.8 cm³/mol. The molecule has 100 valence electrons. The molecule has 0 spiro atoms. The van der Waals surface area contributed by atoms with Crippen molar-refractivity contribution in [1.82, 2.24) is 0 Å². The Bertz CT molecular complexity index is 654. The lowest BCUT2D eigenvalue weighted by Gasteiger charge is -2.21. The molecule has 0 radical (unpaired) electrons. The number of hydrogen-bond acceptors (Lipinski definition) is 3. The molecule has 0 bridgehead atoms. The average Bonchev–Trinajstić information content (AvgIpc) is 2.48. The zero-order chi connectivity index (χ0) is 14.5. The topological polar surface area (TPSA) is 44.1 Å². The zero-order valence-corrected chi connectivity index (χ0v) is 11.6. The van der Waals surface area contributed by atoms with Gasteiger partial charge in [-0.25, -0.2) is 0 Å². The fourth-order valence-corrected chi connectivity index (χ4v) is 2.10. The van der Waals surface area contributed by atoms with Crippen molar-refractivity contribution in [3.8, 4) is 6.07 Å². The van der Waals surface area contributed by atoms with Crippen LogP contribution in [0.25, 0.3) is 0 Å². The molecule has 2 aromatic carbocycles. The van der Waals surface area contributed by atoms with E-state index in [-0.39, 0.29) is 0 Å². The fraction of sp³-hybridized carbons (Fsp3) is 0.176. The zero-order valence-electron chi connectivity index (χ0n) is 11.6. The Morgan fingerprint density at radius 1 is 1.20 bits per heavy atom. The number of aldehydes is 1. The van der Waals surface area contributed by atoms with Gasteiger partial charge in [0.1, 0.15) is 12.4 Å². The summed E-state index contributed by atoms with van der Waals surface area (Å²) in [6.45, 7) is 2.77. The molecule has 0 amide bonds. The van der Waals surface area contributed by atoms with E-state index in [9.17, 15) is 10.1 Å². The molecule has 0 N–H and O–H groups in total. The van der Waals surface area contributed by atoms with Gasteiger partial charge in [-0.3, -0.25) is 4.79 Å². The lowest BCUT2D eigenvalue weighted by molar-refractivity contribution is 0.112. The van der Waals surface area contributed by atoms with Crippen molar-refractivity contribution in [3.63, 3.8) is 0 Å². The van der Waals surface area contributed by atoms with Gasteiger partial charge in [-0.2, -0.15) is 5.26 Å². The Kier molecular flexibility index (Phi) is 4.17. The maximum atomic E-state index is 10.8. The largest absolute Gasteiger partial charge is 0.369 e. The average molecular weight is 264 g/mol. The number of carbonyl (C=O) groups excluding carboxylic acids is 1. The van der Waals surface area contributed by atoms with Crippen molar-refractivity contribution in [3.05, 3.63) is 64.7 Å². The van der Waals surface area contributed by atoms with Gasteiger partial charge < -0.3 is 4.90 Å². The van der Waals surface area contributed by atoms with Crippen molar-refractivity contribution in [2.24, 2.45) is 0 Å².